The van der Waals surface area contributed by atoms with Crippen LogP contribution in [0.25, 0.3) is 0 Å². The van der Waals surface area contributed by atoms with Crippen molar-refractivity contribution in [3.8, 4) is 5.75 Å². The number of likely N-dealkylation sites (tertiary alicyclic amines) is 1. The van der Waals surface area contributed by atoms with E-state index in [1.54, 1.807) is 25.1 Å². The van der Waals surface area contributed by atoms with Gasteiger partial charge < -0.3 is 19.8 Å². The molecule has 1 aliphatic heterocycles. The van der Waals surface area contributed by atoms with Crippen molar-refractivity contribution in [2.45, 2.75) is 25.0 Å². The average molecular weight is 300 g/mol. The normalized spacial score (nSPS) is 26.4. The number of rotatable bonds is 2. The molecule has 20 heavy (non-hydrogen) atoms. The van der Waals surface area contributed by atoms with Crippen molar-refractivity contribution in [1.82, 2.24) is 4.90 Å². The highest BCUT2D eigenvalue weighted by molar-refractivity contribution is 6.30. The fraction of sp³-hybridized carbons (Fsp3) is 0.500. The molecule has 1 aromatic rings. The van der Waals surface area contributed by atoms with Crippen LogP contribution in [0.3, 0.4) is 0 Å². The molecule has 0 bridgehead atoms. The van der Waals surface area contributed by atoms with Gasteiger partial charge in [0.15, 0.2) is 0 Å². The summed E-state index contributed by atoms with van der Waals surface area (Å²) in [6.07, 6.45) is -0.631. The number of carbonyl (C=O) groups is 1. The number of aliphatic hydroxyl groups is 2. The van der Waals surface area contributed by atoms with Crippen molar-refractivity contribution in [3.63, 3.8) is 0 Å². The lowest BCUT2D eigenvalue weighted by Gasteiger charge is -2.40. The monoisotopic (exact) mass is 299 g/mol. The van der Waals surface area contributed by atoms with E-state index in [-0.39, 0.29) is 12.5 Å². The van der Waals surface area contributed by atoms with Gasteiger partial charge in [0, 0.05) is 18.1 Å². The van der Waals surface area contributed by atoms with Crippen molar-refractivity contribution in [2.24, 2.45) is 0 Å². The topological polar surface area (TPSA) is 70.0 Å². The molecule has 0 spiro atoms. The van der Waals surface area contributed by atoms with Crippen molar-refractivity contribution < 1.29 is 19.7 Å². The molecule has 0 unspecified atom stereocenters. The Bertz CT molecular complexity index is 518. The molecular weight excluding hydrogens is 282 g/mol. The number of piperidine rings is 1. The van der Waals surface area contributed by atoms with Crippen molar-refractivity contribution in [2.75, 3.05) is 20.2 Å². The Kier molecular flexibility index (Phi) is 4.22. The van der Waals surface area contributed by atoms with Gasteiger partial charge in [-0.3, -0.25) is 4.79 Å². The molecule has 1 heterocycles. The Morgan fingerprint density at radius 1 is 1.55 bits per heavy atom. The van der Waals surface area contributed by atoms with E-state index in [0.29, 0.717) is 29.3 Å². The molecule has 0 aromatic heterocycles. The standard InChI is InChI=1S/C14H18ClNO4/c1-14(19)5-6-16(8-12(14)17)13(18)10-4-3-9(15)7-11(10)20-2/h3-4,7,12,17,19H,5-6,8H2,1-2H3/t12-,14-/m1/s1. The largest absolute Gasteiger partial charge is 0.496 e. The lowest BCUT2D eigenvalue weighted by Crippen LogP contribution is -2.55. The van der Waals surface area contributed by atoms with Gasteiger partial charge in [0.1, 0.15) is 5.75 Å². The van der Waals surface area contributed by atoms with E-state index in [9.17, 15) is 15.0 Å². The highest BCUT2D eigenvalue weighted by Gasteiger charge is 2.38. The molecule has 1 amide bonds. The zero-order chi connectivity index (χ0) is 14.9. The second-order valence-electron chi connectivity index (χ2n) is 5.22. The van der Waals surface area contributed by atoms with E-state index in [1.165, 1.54) is 12.0 Å². The first-order valence-electron chi connectivity index (χ1n) is 6.38. The van der Waals surface area contributed by atoms with E-state index < -0.39 is 11.7 Å². The summed E-state index contributed by atoms with van der Waals surface area (Å²) in [5.41, 5.74) is -0.758. The summed E-state index contributed by atoms with van der Waals surface area (Å²) < 4.78 is 5.16. The number of hydrogen-bond donors (Lipinski definition) is 2. The molecule has 2 rings (SSSR count). The molecule has 2 N–H and O–H groups in total. The molecule has 0 radical (unpaired) electrons. The minimum absolute atomic E-state index is 0.0949. The number of nitrogens with zero attached hydrogens (tertiary/aromatic N) is 1. The number of hydrogen-bond acceptors (Lipinski definition) is 4. The summed E-state index contributed by atoms with van der Waals surface area (Å²) in [5, 5.41) is 20.3. The number of aliphatic hydroxyl groups excluding tert-OH is 1. The summed E-state index contributed by atoms with van der Waals surface area (Å²) in [5.74, 6) is 0.155. The van der Waals surface area contributed by atoms with Crippen LogP contribution >= 0.6 is 11.6 Å². The lowest BCUT2D eigenvalue weighted by molar-refractivity contribution is -0.0999. The molecule has 1 aliphatic rings. The first-order chi connectivity index (χ1) is 9.35. The van der Waals surface area contributed by atoms with Crippen molar-refractivity contribution >= 4 is 17.5 Å². The van der Waals surface area contributed by atoms with Gasteiger partial charge in [0.05, 0.1) is 24.4 Å². The fourth-order valence-corrected chi connectivity index (χ4v) is 2.38. The van der Waals surface area contributed by atoms with Crippen molar-refractivity contribution in [1.29, 1.82) is 0 Å². The average Bonchev–Trinajstić information content (AvgIpc) is 2.41. The predicted octanol–water partition coefficient (Wildman–Crippen LogP) is 1.31. The highest BCUT2D eigenvalue weighted by atomic mass is 35.5. The van der Waals surface area contributed by atoms with E-state index in [4.69, 9.17) is 16.3 Å². The minimum Gasteiger partial charge on any atom is -0.496 e. The van der Waals surface area contributed by atoms with Crippen LogP contribution in [-0.2, 0) is 0 Å². The van der Waals surface area contributed by atoms with Crippen LogP contribution in [0.2, 0.25) is 5.02 Å². The third-order valence-corrected chi connectivity index (χ3v) is 3.92. The molecule has 1 aromatic carbocycles. The van der Waals surface area contributed by atoms with Crippen LogP contribution in [0.5, 0.6) is 5.75 Å². The number of β-amino-alcohol motifs (C(OH)–C–C–N with tert-alkyl or cyclic N) is 1. The summed E-state index contributed by atoms with van der Waals surface area (Å²) in [6.45, 7) is 2.05. The van der Waals surface area contributed by atoms with Gasteiger partial charge in [-0.05, 0) is 31.5 Å². The zero-order valence-electron chi connectivity index (χ0n) is 11.5. The Morgan fingerprint density at radius 2 is 2.25 bits per heavy atom. The Labute approximate surface area is 122 Å². The third kappa shape index (κ3) is 2.90. The van der Waals surface area contributed by atoms with E-state index in [0.717, 1.165) is 0 Å². The van der Waals surface area contributed by atoms with Gasteiger partial charge >= 0.3 is 0 Å². The van der Waals surface area contributed by atoms with Gasteiger partial charge in [-0.1, -0.05) is 11.6 Å². The summed E-state index contributed by atoms with van der Waals surface area (Å²) in [6, 6.07) is 4.79. The first kappa shape index (κ1) is 15.1. The Morgan fingerprint density at radius 3 is 2.85 bits per heavy atom. The van der Waals surface area contributed by atoms with Gasteiger partial charge in [-0.15, -0.1) is 0 Å². The van der Waals surface area contributed by atoms with Crippen LogP contribution in [-0.4, -0.2) is 52.9 Å². The van der Waals surface area contributed by atoms with E-state index in [2.05, 4.69) is 0 Å². The number of methoxy groups -OCH3 is 1. The second-order valence-corrected chi connectivity index (χ2v) is 5.66. The number of carbonyl (C=O) groups excluding carboxylic acids is 1. The first-order valence-corrected chi connectivity index (χ1v) is 6.76. The third-order valence-electron chi connectivity index (χ3n) is 3.68. The number of benzene rings is 1. The molecule has 0 aliphatic carbocycles. The van der Waals surface area contributed by atoms with Crippen LogP contribution in [0.4, 0.5) is 0 Å². The van der Waals surface area contributed by atoms with Crippen LogP contribution in [0.15, 0.2) is 18.2 Å². The maximum absolute atomic E-state index is 12.5. The smallest absolute Gasteiger partial charge is 0.257 e. The molecule has 1 fully saturated rings. The SMILES string of the molecule is COc1cc(Cl)ccc1C(=O)N1CC[C@@](C)(O)[C@H](O)C1. The molecule has 0 saturated carbocycles. The van der Waals surface area contributed by atoms with E-state index in [1.807, 2.05) is 0 Å². The Balaban J connectivity index is 2.20. The van der Waals surface area contributed by atoms with Gasteiger partial charge in [0.25, 0.3) is 5.91 Å². The molecule has 2 atom stereocenters. The molecule has 110 valence electrons. The molecule has 1 saturated heterocycles. The van der Waals surface area contributed by atoms with Crippen LogP contribution in [0, 0.1) is 0 Å². The van der Waals surface area contributed by atoms with Gasteiger partial charge in [-0.25, -0.2) is 0 Å². The zero-order valence-corrected chi connectivity index (χ0v) is 12.2. The highest BCUT2D eigenvalue weighted by Crippen LogP contribution is 2.27. The van der Waals surface area contributed by atoms with Crippen LogP contribution in [0.1, 0.15) is 23.7 Å². The van der Waals surface area contributed by atoms with Gasteiger partial charge in [-0.2, -0.15) is 0 Å². The maximum atomic E-state index is 12.5. The lowest BCUT2D eigenvalue weighted by atomic mass is 9.90. The van der Waals surface area contributed by atoms with Crippen molar-refractivity contribution in [3.05, 3.63) is 28.8 Å². The minimum atomic E-state index is -1.15. The molecule has 6 heteroatoms. The van der Waals surface area contributed by atoms with Gasteiger partial charge in [0.2, 0.25) is 0 Å². The predicted molar refractivity (Wildman–Crippen MR) is 75.2 cm³/mol. The maximum Gasteiger partial charge on any atom is 0.257 e. The number of amides is 1. The fourth-order valence-electron chi connectivity index (χ4n) is 2.22. The molecular formula is C14H18ClNO4. The quantitative estimate of drug-likeness (QED) is 0.864. The Hall–Kier alpha value is -1.30. The van der Waals surface area contributed by atoms with Crippen LogP contribution < -0.4 is 4.74 Å². The second kappa shape index (κ2) is 5.60. The number of ether oxygens (including phenoxy) is 1. The van der Waals surface area contributed by atoms with E-state index >= 15 is 0 Å². The number of halogens is 1. The molecule has 5 nitrogen and oxygen atoms in total. The summed E-state index contributed by atoms with van der Waals surface area (Å²) >= 11 is 5.87. The summed E-state index contributed by atoms with van der Waals surface area (Å²) in [7, 11) is 1.47. The summed E-state index contributed by atoms with van der Waals surface area (Å²) in [4.78, 5) is 14.0.